The van der Waals surface area contributed by atoms with E-state index in [1.165, 1.54) is 24.3 Å². The summed E-state index contributed by atoms with van der Waals surface area (Å²) in [5, 5.41) is 0. The average Bonchev–Trinajstić information content (AvgIpc) is 3.00. The third-order valence-electron chi connectivity index (χ3n) is 4.61. The van der Waals surface area contributed by atoms with E-state index in [0.29, 0.717) is 29.7 Å². The number of nitrogens with zero attached hydrogens (tertiary/aromatic N) is 3. The number of aromatic nitrogens is 2. The van der Waals surface area contributed by atoms with Crippen LogP contribution in [0.4, 0.5) is 10.5 Å². The van der Waals surface area contributed by atoms with Crippen molar-refractivity contribution in [1.29, 1.82) is 0 Å². The maximum Gasteiger partial charge on any atom is 0.427 e. The molecule has 1 aliphatic heterocycles. The first-order valence-electron chi connectivity index (χ1n) is 8.24. The Labute approximate surface area is 152 Å². The molecule has 9 nitrogen and oxygen atoms in total. The van der Waals surface area contributed by atoms with E-state index in [1.807, 2.05) is 0 Å². The van der Waals surface area contributed by atoms with Gasteiger partial charge in [0.15, 0.2) is 5.58 Å². The molecule has 0 spiro atoms. The molecule has 3 aromatic rings. The van der Waals surface area contributed by atoms with Crippen LogP contribution in [0.3, 0.4) is 0 Å². The number of methoxy groups -OCH3 is 1. The predicted molar refractivity (Wildman–Crippen MR) is 95.4 cm³/mol. The van der Waals surface area contributed by atoms with E-state index in [0.717, 1.165) is 15.7 Å². The van der Waals surface area contributed by atoms with Crippen LogP contribution in [0.2, 0.25) is 0 Å². The Hall–Kier alpha value is -3.62. The second-order valence-corrected chi connectivity index (χ2v) is 6.20. The van der Waals surface area contributed by atoms with Gasteiger partial charge in [-0.2, -0.15) is 0 Å². The van der Waals surface area contributed by atoms with E-state index in [2.05, 4.69) is 4.98 Å². The van der Waals surface area contributed by atoms with Crippen LogP contribution >= 0.6 is 0 Å². The number of anilines is 1. The smallest absolute Gasteiger partial charge is 0.427 e. The fraction of sp³-hybridized carbons (Fsp3) is 0.222. The maximum atomic E-state index is 13.1. The molecule has 0 atom stereocenters. The molecule has 2 aromatic heterocycles. The number of oxazole rings is 1. The molecule has 1 amide bonds. The van der Waals surface area contributed by atoms with E-state index in [1.54, 1.807) is 18.3 Å². The Balaban J connectivity index is 1.78. The molecule has 0 fully saturated rings. The summed E-state index contributed by atoms with van der Waals surface area (Å²) in [7, 11) is 1.32. The fourth-order valence-corrected chi connectivity index (χ4v) is 3.31. The number of hydrogen-bond donors (Lipinski definition) is 1. The number of benzene rings is 1. The van der Waals surface area contributed by atoms with E-state index < -0.39 is 17.8 Å². The summed E-state index contributed by atoms with van der Waals surface area (Å²) in [5.41, 5.74) is 8.50. The number of carbonyl (C=O) groups excluding carboxylic acids is 2. The average molecular weight is 368 g/mol. The van der Waals surface area contributed by atoms with Crippen molar-refractivity contribution in [3.63, 3.8) is 0 Å². The molecule has 0 aliphatic carbocycles. The number of nitrogens with two attached hydrogens (primary N) is 1. The lowest BCUT2D eigenvalue weighted by Gasteiger charge is -2.28. The zero-order valence-corrected chi connectivity index (χ0v) is 14.5. The van der Waals surface area contributed by atoms with Crippen molar-refractivity contribution in [2.24, 2.45) is 0 Å². The minimum atomic E-state index is -0.787. The molecular weight excluding hydrogens is 352 g/mol. The van der Waals surface area contributed by atoms with Gasteiger partial charge in [0.1, 0.15) is 0 Å². The van der Waals surface area contributed by atoms with E-state index in [9.17, 15) is 14.4 Å². The molecule has 1 aliphatic rings. The SMILES string of the molecule is COC(=O)N1CCc2c(cncc2C(=O)n2c(=O)oc3cc(N)ccc32)C1. The van der Waals surface area contributed by atoms with Gasteiger partial charge in [0.2, 0.25) is 0 Å². The minimum Gasteiger partial charge on any atom is -0.453 e. The van der Waals surface area contributed by atoms with Crippen molar-refractivity contribution in [3.8, 4) is 0 Å². The van der Waals surface area contributed by atoms with Gasteiger partial charge in [0.05, 0.1) is 24.7 Å². The van der Waals surface area contributed by atoms with Crippen LogP contribution in [0.15, 0.2) is 39.8 Å². The first-order valence-corrected chi connectivity index (χ1v) is 8.24. The molecule has 27 heavy (non-hydrogen) atoms. The van der Waals surface area contributed by atoms with E-state index in [-0.39, 0.29) is 12.1 Å². The Morgan fingerprint density at radius 2 is 2.11 bits per heavy atom. The summed E-state index contributed by atoms with van der Waals surface area (Å²) in [6.07, 6.45) is 3.05. The summed E-state index contributed by atoms with van der Waals surface area (Å²) >= 11 is 0. The minimum absolute atomic E-state index is 0.239. The summed E-state index contributed by atoms with van der Waals surface area (Å²) < 4.78 is 10.9. The lowest BCUT2D eigenvalue weighted by atomic mass is 9.97. The predicted octanol–water partition coefficient (Wildman–Crippen LogP) is 1.38. The number of carbonyl (C=O) groups is 2. The van der Waals surface area contributed by atoms with Gasteiger partial charge in [-0.25, -0.2) is 14.2 Å². The molecule has 138 valence electrons. The van der Waals surface area contributed by atoms with Gasteiger partial charge >= 0.3 is 11.8 Å². The molecule has 2 N–H and O–H groups in total. The van der Waals surface area contributed by atoms with Crippen molar-refractivity contribution >= 4 is 28.8 Å². The summed E-state index contributed by atoms with van der Waals surface area (Å²) in [5.74, 6) is -1.32. The Kier molecular flexibility index (Phi) is 3.91. The topological polar surface area (TPSA) is 121 Å². The molecule has 9 heteroatoms. The largest absolute Gasteiger partial charge is 0.453 e. The van der Waals surface area contributed by atoms with Gasteiger partial charge < -0.3 is 19.8 Å². The quantitative estimate of drug-likeness (QED) is 0.644. The van der Waals surface area contributed by atoms with Gasteiger partial charge in [-0.1, -0.05) is 0 Å². The summed E-state index contributed by atoms with van der Waals surface area (Å²) in [6, 6.07) is 4.65. The molecule has 0 unspecified atom stereocenters. The highest BCUT2D eigenvalue weighted by molar-refractivity contribution is 6.02. The van der Waals surface area contributed by atoms with E-state index in [4.69, 9.17) is 14.9 Å². The second kappa shape index (κ2) is 6.27. The molecule has 0 saturated heterocycles. The first kappa shape index (κ1) is 16.8. The first-order chi connectivity index (χ1) is 13.0. The Bertz CT molecular complexity index is 1130. The standard InChI is InChI=1S/C18H16N4O5/c1-26-17(24)21-5-4-12-10(9-21)7-20-8-13(12)16(23)22-14-3-2-11(19)6-15(14)27-18(22)25/h2-3,6-8H,4-5,9,19H2,1H3. The molecule has 0 bridgehead atoms. The highest BCUT2D eigenvalue weighted by Crippen LogP contribution is 2.24. The monoisotopic (exact) mass is 368 g/mol. The zero-order valence-electron chi connectivity index (χ0n) is 14.5. The summed E-state index contributed by atoms with van der Waals surface area (Å²) in [4.78, 5) is 42.7. The zero-order chi connectivity index (χ0) is 19.1. The Morgan fingerprint density at radius 3 is 2.89 bits per heavy atom. The van der Waals surface area contributed by atoms with Gasteiger partial charge in [-0.05, 0) is 29.7 Å². The normalized spacial score (nSPS) is 13.4. The number of rotatable bonds is 1. The maximum absolute atomic E-state index is 13.1. The van der Waals surface area contributed by atoms with Crippen LogP contribution in [0.5, 0.6) is 0 Å². The number of hydrogen-bond acceptors (Lipinski definition) is 7. The lowest BCUT2D eigenvalue weighted by molar-refractivity contribution is 0.0954. The fourth-order valence-electron chi connectivity index (χ4n) is 3.31. The molecule has 4 rings (SSSR count). The van der Waals surface area contributed by atoms with Gasteiger partial charge in [0, 0.05) is 30.7 Å². The second-order valence-electron chi connectivity index (χ2n) is 6.20. The number of ether oxygens (including phenoxy) is 1. The molecule has 1 aromatic carbocycles. The van der Waals surface area contributed by atoms with Gasteiger partial charge in [-0.3, -0.25) is 9.78 Å². The van der Waals surface area contributed by atoms with Crippen molar-refractivity contribution in [2.75, 3.05) is 19.4 Å². The van der Waals surface area contributed by atoms with Crippen molar-refractivity contribution < 1.29 is 18.7 Å². The van der Waals surface area contributed by atoms with Crippen molar-refractivity contribution in [1.82, 2.24) is 14.5 Å². The molecule has 3 heterocycles. The number of pyridine rings is 1. The highest BCUT2D eigenvalue weighted by atomic mass is 16.5. The lowest BCUT2D eigenvalue weighted by Crippen LogP contribution is -2.37. The van der Waals surface area contributed by atoms with E-state index >= 15 is 0 Å². The number of nitrogen functional groups attached to an aromatic ring is 1. The third kappa shape index (κ3) is 2.73. The van der Waals surface area contributed by atoms with Crippen molar-refractivity contribution in [2.45, 2.75) is 13.0 Å². The molecule has 0 radical (unpaired) electrons. The Morgan fingerprint density at radius 1 is 1.30 bits per heavy atom. The van der Waals surface area contributed by atoms with Crippen LogP contribution in [-0.2, 0) is 17.7 Å². The molecular formula is C18H16N4O5. The number of fused-ring (bicyclic) bond motifs is 2. The van der Waals surface area contributed by atoms with Gasteiger partial charge in [0.25, 0.3) is 5.91 Å². The highest BCUT2D eigenvalue weighted by Gasteiger charge is 2.27. The summed E-state index contributed by atoms with van der Waals surface area (Å²) in [6.45, 7) is 0.690. The molecule has 0 saturated carbocycles. The van der Waals surface area contributed by atoms with Crippen molar-refractivity contribution in [3.05, 3.63) is 57.8 Å². The third-order valence-corrected chi connectivity index (χ3v) is 4.61. The van der Waals surface area contributed by atoms with Gasteiger partial charge in [-0.15, -0.1) is 0 Å². The van der Waals surface area contributed by atoms with Crippen LogP contribution in [0.1, 0.15) is 21.5 Å². The van der Waals surface area contributed by atoms with Crippen LogP contribution in [0.25, 0.3) is 11.1 Å². The van der Waals surface area contributed by atoms with Crippen LogP contribution < -0.4 is 11.5 Å². The van der Waals surface area contributed by atoms with Crippen LogP contribution in [0, 0.1) is 0 Å². The number of amides is 1. The van der Waals surface area contributed by atoms with Crippen LogP contribution in [-0.4, -0.2) is 40.1 Å².